The van der Waals surface area contributed by atoms with E-state index < -0.39 is 0 Å². The molecule has 0 bridgehead atoms. The van der Waals surface area contributed by atoms with Gasteiger partial charge >= 0.3 is 0 Å². The van der Waals surface area contributed by atoms with Gasteiger partial charge in [0.05, 0.1) is 12.2 Å². The summed E-state index contributed by atoms with van der Waals surface area (Å²) < 4.78 is 1.88. The van der Waals surface area contributed by atoms with Gasteiger partial charge in [-0.3, -0.25) is 15.0 Å². The molecule has 31 heavy (non-hydrogen) atoms. The number of aromatic nitrogens is 2. The predicted molar refractivity (Wildman–Crippen MR) is 122 cm³/mol. The smallest absolute Gasteiger partial charge is 0.269 e. The fourth-order valence-electron chi connectivity index (χ4n) is 4.53. The molecule has 6 nitrogen and oxygen atoms in total. The van der Waals surface area contributed by atoms with E-state index >= 15 is 0 Å². The third-order valence-corrected chi connectivity index (χ3v) is 6.33. The van der Waals surface area contributed by atoms with Crippen molar-refractivity contribution in [1.29, 1.82) is 0 Å². The molecule has 2 aromatic carbocycles. The first-order valence-corrected chi connectivity index (χ1v) is 11.1. The second kappa shape index (κ2) is 8.65. The summed E-state index contributed by atoms with van der Waals surface area (Å²) >= 11 is 0. The lowest BCUT2D eigenvalue weighted by Crippen LogP contribution is -2.50. The van der Waals surface area contributed by atoms with Gasteiger partial charge in [-0.1, -0.05) is 60.2 Å². The Morgan fingerprint density at radius 3 is 2.55 bits per heavy atom. The summed E-state index contributed by atoms with van der Waals surface area (Å²) in [6, 6.07) is 21.3. The molecule has 2 aliphatic rings. The van der Waals surface area contributed by atoms with Crippen molar-refractivity contribution in [2.75, 3.05) is 19.6 Å². The Balaban J connectivity index is 1.25. The van der Waals surface area contributed by atoms with Gasteiger partial charge < -0.3 is 5.32 Å². The third-order valence-electron chi connectivity index (χ3n) is 6.33. The number of benzene rings is 2. The normalized spacial score (nSPS) is 19.8. The minimum Gasteiger partial charge on any atom is -0.347 e. The van der Waals surface area contributed by atoms with Crippen molar-refractivity contribution in [1.82, 2.24) is 25.3 Å². The lowest BCUT2D eigenvalue weighted by molar-refractivity contribution is 0.0887. The Morgan fingerprint density at radius 1 is 1.06 bits per heavy atom. The lowest BCUT2D eigenvalue weighted by Gasteiger charge is -2.36. The van der Waals surface area contributed by atoms with E-state index in [-0.39, 0.29) is 12.1 Å². The fraction of sp³-hybridized carbons (Fsp3) is 0.360. The number of hydrogen-bond donors (Lipinski definition) is 2. The maximum absolute atomic E-state index is 12.4. The molecule has 3 aromatic rings. The zero-order valence-electron chi connectivity index (χ0n) is 17.9. The Labute approximate surface area is 183 Å². The minimum atomic E-state index is -0.0541. The molecule has 1 aromatic heterocycles. The molecular formula is C25H29N5O. The summed E-state index contributed by atoms with van der Waals surface area (Å²) in [5.74, 6) is -0.0541. The van der Waals surface area contributed by atoms with Crippen molar-refractivity contribution in [3.05, 3.63) is 77.5 Å². The van der Waals surface area contributed by atoms with Crippen molar-refractivity contribution < 1.29 is 4.79 Å². The monoisotopic (exact) mass is 415 g/mol. The number of likely N-dealkylation sites (tertiary alicyclic amines) is 1. The number of rotatable bonds is 5. The molecule has 160 valence electrons. The number of amides is 1. The number of fused-ring (bicyclic) bond motifs is 1. The summed E-state index contributed by atoms with van der Waals surface area (Å²) in [4.78, 5) is 15.0. The Hall–Kier alpha value is -2.96. The Bertz CT molecular complexity index is 1040. The number of carbonyl (C=O) groups is 1. The molecule has 0 spiro atoms. The van der Waals surface area contributed by atoms with E-state index in [1.807, 2.05) is 10.7 Å². The molecule has 3 heterocycles. The van der Waals surface area contributed by atoms with Gasteiger partial charge in [-0.2, -0.15) is 5.10 Å². The summed E-state index contributed by atoms with van der Waals surface area (Å²) in [6.07, 6.45) is 2.18. The number of hydrogen-bond acceptors (Lipinski definition) is 4. The van der Waals surface area contributed by atoms with E-state index in [1.54, 1.807) is 0 Å². The van der Waals surface area contributed by atoms with Crippen LogP contribution in [-0.4, -0.2) is 46.3 Å². The molecule has 0 unspecified atom stereocenters. The zero-order chi connectivity index (χ0) is 21.2. The van der Waals surface area contributed by atoms with Crippen LogP contribution >= 0.6 is 0 Å². The van der Waals surface area contributed by atoms with Gasteiger partial charge in [0.25, 0.3) is 5.91 Å². The largest absolute Gasteiger partial charge is 0.347 e. The number of carbonyl (C=O) groups excluding carboxylic acids is 1. The molecule has 0 aliphatic carbocycles. The van der Waals surface area contributed by atoms with Crippen LogP contribution in [0.4, 0.5) is 0 Å². The minimum absolute atomic E-state index is 0.0161. The van der Waals surface area contributed by atoms with Crippen LogP contribution in [-0.2, 0) is 6.54 Å². The molecular weight excluding hydrogens is 386 g/mol. The highest BCUT2D eigenvalue weighted by Gasteiger charge is 2.30. The first-order chi connectivity index (χ1) is 15.2. The van der Waals surface area contributed by atoms with Crippen LogP contribution in [0.15, 0.2) is 60.7 Å². The van der Waals surface area contributed by atoms with Gasteiger partial charge in [-0.25, -0.2) is 4.68 Å². The molecule has 1 amide bonds. The van der Waals surface area contributed by atoms with Crippen LogP contribution in [0.25, 0.3) is 11.3 Å². The first-order valence-electron chi connectivity index (χ1n) is 11.1. The molecule has 2 N–H and O–H groups in total. The van der Waals surface area contributed by atoms with Gasteiger partial charge in [-0.05, 0) is 44.5 Å². The molecule has 0 saturated carbocycles. The second-order valence-corrected chi connectivity index (χ2v) is 8.65. The zero-order valence-corrected chi connectivity index (χ0v) is 17.9. The van der Waals surface area contributed by atoms with Crippen LogP contribution < -0.4 is 10.6 Å². The molecule has 1 fully saturated rings. The van der Waals surface area contributed by atoms with Crippen LogP contribution in [0.5, 0.6) is 0 Å². The SMILES string of the molecule is Cc1ccc(-c2cc3n(n2)[C@H](NC2CCN(Cc4ccccc4)CC2)CNC3=O)cc1. The highest BCUT2D eigenvalue weighted by molar-refractivity contribution is 5.94. The Kier molecular flexibility index (Phi) is 5.57. The molecule has 1 saturated heterocycles. The summed E-state index contributed by atoms with van der Waals surface area (Å²) in [5, 5.41) is 11.6. The number of nitrogens with one attached hydrogen (secondary N) is 2. The first kappa shape index (κ1) is 20.0. The fourth-order valence-corrected chi connectivity index (χ4v) is 4.53. The predicted octanol–water partition coefficient (Wildman–Crippen LogP) is 3.35. The molecule has 2 aliphatic heterocycles. The van der Waals surface area contributed by atoms with Gasteiger partial charge in [0.1, 0.15) is 11.9 Å². The van der Waals surface area contributed by atoms with Crippen molar-refractivity contribution in [3.63, 3.8) is 0 Å². The summed E-state index contributed by atoms with van der Waals surface area (Å²) in [5.41, 5.74) is 5.09. The van der Waals surface area contributed by atoms with E-state index in [1.165, 1.54) is 11.1 Å². The molecule has 0 radical (unpaired) electrons. The van der Waals surface area contributed by atoms with Gasteiger partial charge in [0.2, 0.25) is 0 Å². The van der Waals surface area contributed by atoms with E-state index in [0.717, 1.165) is 43.7 Å². The number of piperidine rings is 1. The molecule has 6 heteroatoms. The van der Waals surface area contributed by atoms with E-state index in [4.69, 9.17) is 5.10 Å². The van der Waals surface area contributed by atoms with Crippen molar-refractivity contribution in [2.24, 2.45) is 0 Å². The van der Waals surface area contributed by atoms with Gasteiger partial charge in [-0.15, -0.1) is 0 Å². The molecule has 5 rings (SSSR count). The van der Waals surface area contributed by atoms with Crippen LogP contribution in [0.3, 0.4) is 0 Å². The highest BCUT2D eigenvalue weighted by Crippen LogP contribution is 2.24. The van der Waals surface area contributed by atoms with Gasteiger partial charge in [0, 0.05) is 18.2 Å². The van der Waals surface area contributed by atoms with Crippen LogP contribution in [0, 0.1) is 6.92 Å². The number of aryl methyl sites for hydroxylation is 1. The topological polar surface area (TPSA) is 62.2 Å². The third kappa shape index (κ3) is 4.40. The summed E-state index contributed by atoms with van der Waals surface area (Å²) in [6.45, 7) is 5.79. The Morgan fingerprint density at radius 2 is 1.81 bits per heavy atom. The van der Waals surface area contributed by atoms with Crippen molar-refractivity contribution in [2.45, 2.75) is 38.5 Å². The van der Waals surface area contributed by atoms with E-state index in [0.29, 0.717) is 18.3 Å². The lowest BCUT2D eigenvalue weighted by atomic mass is 10.0. The average Bonchev–Trinajstić information content (AvgIpc) is 3.25. The maximum Gasteiger partial charge on any atom is 0.269 e. The standard InChI is InChI=1S/C25H29N5O/c1-18-7-9-20(10-8-18)22-15-23-25(31)26-16-24(30(23)28-22)27-21-11-13-29(14-12-21)17-19-5-3-2-4-6-19/h2-10,15,21,24,27H,11-14,16-17H2,1H3,(H,26,31)/t24-/m0/s1. The van der Waals surface area contributed by atoms with Crippen molar-refractivity contribution in [3.8, 4) is 11.3 Å². The van der Waals surface area contributed by atoms with Crippen LogP contribution in [0.1, 0.15) is 40.6 Å². The van der Waals surface area contributed by atoms with E-state index in [9.17, 15) is 4.79 Å². The van der Waals surface area contributed by atoms with Crippen molar-refractivity contribution >= 4 is 5.91 Å². The van der Waals surface area contributed by atoms with Gasteiger partial charge in [0.15, 0.2) is 0 Å². The molecule has 1 atom stereocenters. The second-order valence-electron chi connectivity index (χ2n) is 8.65. The van der Waals surface area contributed by atoms with E-state index in [2.05, 4.69) is 77.1 Å². The quantitative estimate of drug-likeness (QED) is 0.671. The highest BCUT2D eigenvalue weighted by atomic mass is 16.2. The maximum atomic E-state index is 12.4. The average molecular weight is 416 g/mol. The van der Waals surface area contributed by atoms with Crippen LogP contribution in [0.2, 0.25) is 0 Å². The number of nitrogens with zero attached hydrogens (tertiary/aromatic N) is 3. The summed E-state index contributed by atoms with van der Waals surface area (Å²) in [7, 11) is 0.